The lowest BCUT2D eigenvalue weighted by Gasteiger charge is -2.27. The molecule has 1 aromatic carbocycles. The van der Waals surface area contributed by atoms with Gasteiger partial charge in [0.15, 0.2) is 5.13 Å². The van der Waals surface area contributed by atoms with Gasteiger partial charge >= 0.3 is 0 Å². The van der Waals surface area contributed by atoms with Gasteiger partial charge in [-0.3, -0.25) is 4.68 Å². The van der Waals surface area contributed by atoms with Gasteiger partial charge < -0.3 is 15.2 Å². The van der Waals surface area contributed by atoms with Crippen molar-refractivity contribution in [3.63, 3.8) is 0 Å². The van der Waals surface area contributed by atoms with Crippen LogP contribution in [-0.2, 0) is 7.05 Å². The van der Waals surface area contributed by atoms with Crippen LogP contribution in [0.5, 0.6) is 11.6 Å². The van der Waals surface area contributed by atoms with Gasteiger partial charge in [0.25, 0.3) is 0 Å². The fraction of sp³-hybridized carbons (Fsp3) is 0.333. The standard InChI is InChI=1S/C21H22N6O2S/c1-27-17(8-9-24-27)16-11-20(23-12-22-16)29-13-6-7-15-19(10-13)30-21(26-15)25-14-4-2-3-5-18(14)28/h6-12,14,18,28H,2-5H2,1H3,(H,25,26)/t14-,18-/m1/s1. The van der Waals surface area contributed by atoms with Crippen LogP contribution in [-0.4, -0.2) is 42.0 Å². The number of hydrogen-bond donors (Lipinski definition) is 2. The summed E-state index contributed by atoms with van der Waals surface area (Å²) < 4.78 is 8.75. The van der Waals surface area contributed by atoms with Crippen molar-refractivity contribution < 1.29 is 9.84 Å². The van der Waals surface area contributed by atoms with Gasteiger partial charge in [-0.25, -0.2) is 15.0 Å². The topological polar surface area (TPSA) is 98.0 Å². The Morgan fingerprint density at radius 1 is 1.17 bits per heavy atom. The number of rotatable bonds is 5. The fourth-order valence-corrected chi connectivity index (χ4v) is 4.71. The van der Waals surface area contributed by atoms with Crippen molar-refractivity contribution in [3.05, 3.63) is 42.9 Å². The Hall–Kier alpha value is -3.04. The van der Waals surface area contributed by atoms with Gasteiger partial charge in [0.1, 0.15) is 12.1 Å². The molecule has 0 aliphatic heterocycles. The first-order valence-electron chi connectivity index (χ1n) is 9.99. The van der Waals surface area contributed by atoms with E-state index in [2.05, 4.69) is 25.4 Å². The zero-order valence-electron chi connectivity index (χ0n) is 16.5. The van der Waals surface area contributed by atoms with Crippen molar-refractivity contribution in [3.8, 4) is 23.0 Å². The molecule has 0 amide bonds. The highest BCUT2D eigenvalue weighted by Gasteiger charge is 2.23. The van der Waals surface area contributed by atoms with Crippen LogP contribution in [0.3, 0.4) is 0 Å². The number of fused-ring (bicyclic) bond motifs is 1. The Balaban J connectivity index is 1.35. The summed E-state index contributed by atoms with van der Waals surface area (Å²) in [4.78, 5) is 13.2. The van der Waals surface area contributed by atoms with E-state index in [1.54, 1.807) is 28.3 Å². The normalized spacial score (nSPS) is 19.1. The number of ether oxygens (including phenoxy) is 1. The van der Waals surface area contributed by atoms with E-state index in [9.17, 15) is 5.11 Å². The minimum absolute atomic E-state index is 0.0708. The van der Waals surface area contributed by atoms with Gasteiger partial charge in [-0.2, -0.15) is 5.10 Å². The van der Waals surface area contributed by atoms with Gasteiger partial charge in [-0.15, -0.1) is 0 Å². The summed E-state index contributed by atoms with van der Waals surface area (Å²) in [5, 5.41) is 18.6. The van der Waals surface area contributed by atoms with E-state index in [1.165, 1.54) is 6.33 Å². The molecule has 3 heterocycles. The summed E-state index contributed by atoms with van der Waals surface area (Å²) in [6.07, 6.45) is 6.95. The molecule has 1 fully saturated rings. The lowest BCUT2D eigenvalue weighted by molar-refractivity contribution is 0.116. The molecule has 0 saturated heterocycles. The molecule has 1 saturated carbocycles. The Bertz CT molecular complexity index is 1170. The van der Waals surface area contributed by atoms with Crippen LogP contribution in [0.2, 0.25) is 0 Å². The highest BCUT2D eigenvalue weighted by molar-refractivity contribution is 7.22. The third kappa shape index (κ3) is 3.86. The molecule has 30 heavy (non-hydrogen) atoms. The van der Waals surface area contributed by atoms with Crippen LogP contribution >= 0.6 is 11.3 Å². The second kappa shape index (κ2) is 8.00. The van der Waals surface area contributed by atoms with E-state index in [4.69, 9.17) is 4.74 Å². The number of benzene rings is 1. The summed E-state index contributed by atoms with van der Waals surface area (Å²) in [5.74, 6) is 1.15. The van der Waals surface area contributed by atoms with Crippen LogP contribution < -0.4 is 10.1 Å². The molecule has 0 radical (unpaired) electrons. The number of hydrogen-bond acceptors (Lipinski definition) is 8. The SMILES string of the molecule is Cn1nccc1-c1cc(Oc2ccc3nc(N[C@@H]4CCCC[C@H]4O)sc3c2)ncn1. The van der Waals surface area contributed by atoms with E-state index >= 15 is 0 Å². The highest BCUT2D eigenvalue weighted by atomic mass is 32.1. The number of anilines is 1. The minimum atomic E-state index is -0.309. The average molecular weight is 423 g/mol. The van der Waals surface area contributed by atoms with E-state index in [0.717, 1.165) is 52.4 Å². The molecule has 0 spiro atoms. The predicted octanol–water partition coefficient (Wildman–Crippen LogP) is 3.99. The van der Waals surface area contributed by atoms with Crippen LogP contribution in [0.4, 0.5) is 5.13 Å². The van der Waals surface area contributed by atoms with E-state index < -0.39 is 0 Å². The molecular weight excluding hydrogens is 400 g/mol. The Morgan fingerprint density at radius 2 is 2.07 bits per heavy atom. The molecule has 3 aromatic heterocycles. The molecule has 0 bridgehead atoms. The molecular formula is C21H22N6O2S. The third-order valence-corrected chi connectivity index (χ3v) is 6.30. The predicted molar refractivity (Wildman–Crippen MR) is 116 cm³/mol. The Labute approximate surface area is 177 Å². The van der Waals surface area contributed by atoms with Crippen molar-refractivity contribution in [2.45, 2.75) is 37.8 Å². The molecule has 1 aliphatic carbocycles. The maximum absolute atomic E-state index is 10.2. The Morgan fingerprint density at radius 3 is 2.90 bits per heavy atom. The van der Waals surface area contributed by atoms with Gasteiger partial charge in [0.05, 0.1) is 33.8 Å². The Kier molecular flexibility index (Phi) is 5.06. The molecule has 9 heteroatoms. The third-order valence-electron chi connectivity index (χ3n) is 5.35. The number of nitrogens with one attached hydrogen (secondary N) is 1. The number of aromatic nitrogens is 5. The fourth-order valence-electron chi connectivity index (χ4n) is 3.75. The first kappa shape index (κ1) is 19.0. The monoisotopic (exact) mass is 422 g/mol. The molecule has 1 aliphatic rings. The van der Waals surface area contributed by atoms with Crippen LogP contribution in [0.25, 0.3) is 21.6 Å². The number of aryl methyl sites for hydroxylation is 1. The molecule has 4 aromatic rings. The molecule has 2 atom stereocenters. The van der Waals surface area contributed by atoms with Crippen molar-refractivity contribution in [2.24, 2.45) is 7.05 Å². The molecule has 5 rings (SSSR count). The van der Waals surface area contributed by atoms with Crippen molar-refractivity contribution in [1.29, 1.82) is 0 Å². The minimum Gasteiger partial charge on any atom is -0.439 e. The van der Waals surface area contributed by atoms with Gasteiger partial charge in [0.2, 0.25) is 5.88 Å². The smallest absolute Gasteiger partial charge is 0.222 e. The average Bonchev–Trinajstić information content (AvgIpc) is 3.35. The summed E-state index contributed by atoms with van der Waals surface area (Å²) in [6, 6.07) is 9.54. The maximum Gasteiger partial charge on any atom is 0.222 e. The number of aliphatic hydroxyl groups excluding tert-OH is 1. The second-order valence-electron chi connectivity index (χ2n) is 7.43. The zero-order valence-corrected chi connectivity index (χ0v) is 17.3. The zero-order chi connectivity index (χ0) is 20.5. The summed E-state index contributed by atoms with van der Waals surface area (Å²) in [7, 11) is 1.87. The van der Waals surface area contributed by atoms with Crippen LogP contribution in [0.15, 0.2) is 42.9 Å². The van der Waals surface area contributed by atoms with Crippen molar-refractivity contribution in [1.82, 2.24) is 24.7 Å². The van der Waals surface area contributed by atoms with E-state index in [1.807, 2.05) is 31.3 Å². The van der Waals surface area contributed by atoms with Gasteiger partial charge in [-0.05, 0) is 31.0 Å². The lowest BCUT2D eigenvalue weighted by Crippen LogP contribution is -2.36. The first-order valence-corrected chi connectivity index (χ1v) is 10.8. The molecule has 0 unspecified atom stereocenters. The lowest BCUT2D eigenvalue weighted by atomic mass is 9.93. The van der Waals surface area contributed by atoms with E-state index in [-0.39, 0.29) is 12.1 Å². The number of aliphatic hydroxyl groups is 1. The van der Waals surface area contributed by atoms with Gasteiger partial charge in [0, 0.05) is 25.4 Å². The summed E-state index contributed by atoms with van der Waals surface area (Å²) >= 11 is 1.56. The molecule has 2 N–H and O–H groups in total. The summed E-state index contributed by atoms with van der Waals surface area (Å²) in [6.45, 7) is 0. The van der Waals surface area contributed by atoms with Crippen molar-refractivity contribution >= 4 is 26.7 Å². The van der Waals surface area contributed by atoms with Gasteiger partial charge in [-0.1, -0.05) is 24.2 Å². The largest absolute Gasteiger partial charge is 0.439 e. The number of thiazole rings is 1. The maximum atomic E-state index is 10.2. The van der Waals surface area contributed by atoms with Crippen molar-refractivity contribution in [2.75, 3.05) is 5.32 Å². The molecule has 154 valence electrons. The second-order valence-corrected chi connectivity index (χ2v) is 8.47. The first-order chi connectivity index (χ1) is 14.7. The number of nitrogens with zero attached hydrogens (tertiary/aromatic N) is 5. The highest BCUT2D eigenvalue weighted by Crippen LogP contribution is 2.33. The van der Waals surface area contributed by atoms with Crippen LogP contribution in [0, 0.1) is 0 Å². The summed E-state index contributed by atoms with van der Waals surface area (Å²) in [5.41, 5.74) is 2.54. The van der Waals surface area contributed by atoms with E-state index in [0.29, 0.717) is 11.6 Å². The molecule has 8 nitrogen and oxygen atoms in total. The quantitative estimate of drug-likeness (QED) is 0.502. The van der Waals surface area contributed by atoms with Crippen LogP contribution in [0.1, 0.15) is 25.7 Å².